The summed E-state index contributed by atoms with van der Waals surface area (Å²) in [5.41, 5.74) is 0.677. The van der Waals surface area contributed by atoms with Gasteiger partial charge in [0.15, 0.2) is 11.8 Å². The van der Waals surface area contributed by atoms with Crippen LogP contribution in [-0.2, 0) is 23.2 Å². The van der Waals surface area contributed by atoms with Crippen molar-refractivity contribution in [3.63, 3.8) is 0 Å². The van der Waals surface area contributed by atoms with Gasteiger partial charge in [-0.3, -0.25) is 4.57 Å². The number of rotatable bonds is 4. The molecule has 0 spiro atoms. The van der Waals surface area contributed by atoms with Crippen molar-refractivity contribution in [3.8, 4) is 0 Å². The van der Waals surface area contributed by atoms with Gasteiger partial charge >= 0.3 is 11.7 Å². The van der Waals surface area contributed by atoms with E-state index in [0.29, 0.717) is 40.4 Å². The lowest BCUT2D eigenvalue weighted by Crippen LogP contribution is -2.37. The number of benzene rings is 1. The molecule has 2 heterocycles. The van der Waals surface area contributed by atoms with Crippen LogP contribution in [-0.4, -0.2) is 45.7 Å². The van der Waals surface area contributed by atoms with Crippen molar-refractivity contribution < 1.29 is 14.4 Å². The average Bonchev–Trinajstić information content (AvgIpc) is 2.95. The number of nitrogens with zero attached hydrogens (tertiary/aromatic N) is 4. The molecule has 0 atom stereocenters. The summed E-state index contributed by atoms with van der Waals surface area (Å²) in [6, 6.07) is 4.55. The molecule has 0 bridgehead atoms. The van der Waals surface area contributed by atoms with Gasteiger partial charge in [-0.2, -0.15) is 0 Å². The maximum atomic E-state index is 12.4. The van der Waals surface area contributed by atoms with E-state index in [-0.39, 0.29) is 6.54 Å². The van der Waals surface area contributed by atoms with Gasteiger partial charge in [0, 0.05) is 29.7 Å². The van der Waals surface area contributed by atoms with Crippen molar-refractivity contribution in [2.45, 2.75) is 11.7 Å². The second-order valence-electron chi connectivity index (χ2n) is 5.24. The van der Waals surface area contributed by atoms with Gasteiger partial charge in [0.05, 0.1) is 0 Å². The van der Waals surface area contributed by atoms with E-state index in [1.54, 1.807) is 31.5 Å². The molecule has 0 unspecified atom stereocenters. The quantitative estimate of drug-likeness (QED) is 0.783. The van der Waals surface area contributed by atoms with Crippen LogP contribution in [0.3, 0.4) is 0 Å². The molecule has 1 aromatic carbocycles. The molecular weight excluding hydrogens is 382 g/mol. The molecule has 1 N–H and O–H groups in total. The minimum absolute atomic E-state index is 0.0633. The summed E-state index contributed by atoms with van der Waals surface area (Å²) >= 11 is 7.54. The maximum Gasteiger partial charge on any atom is 0.355 e. The lowest BCUT2D eigenvalue weighted by Gasteiger charge is -2.17. The van der Waals surface area contributed by atoms with Crippen LogP contribution in [0.4, 0.5) is 4.79 Å². The largest absolute Gasteiger partial charge is 0.471 e. The molecule has 3 rings (SSSR count). The summed E-state index contributed by atoms with van der Waals surface area (Å²) in [4.78, 5) is 29.5. The minimum atomic E-state index is -0.653. The molecule has 2 aromatic rings. The number of thioether (sulfide) groups is 1. The third-order valence-corrected chi connectivity index (χ3v) is 4.72. The molecule has 1 amide bonds. The first-order valence-corrected chi connectivity index (χ1v) is 9.22. The highest BCUT2D eigenvalue weighted by atomic mass is 35.5. The van der Waals surface area contributed by atoms with E-state index < -0.39 is 11.7 Å². The number of aromatic nitrogens is 3. The number of oxime groups is 1. The van der Waals surface area contributed by atoms with Crippen molar-refractivity contribution in [1.29, 1.82) is 0 Å². The van der Waals surface area contributed by atoms with Crippen LogP contribution in [0.15, 0.2) is 33.3 Å². The van der Waals surface area contributed by atoms with Crippen molar-refractivity contribution >= 4 is 35.3 Å². The number of hydrogen-bond donors (Lipinski definition) is 1. The van der Waals surface area contributed by atoms with Crippen molar-refractivity contribution in [3.05, 3.63) is 44.8 Å². The Morgan fingerprint density at radius 2 is 2.23 bits per heavy atom. The predicted molar refractivity (Wildman–Crippen MR) is 96.8 cm³/mol. The van der Waals surface area contributed by atoms with E-state index in [4.69, 9.17) is 21.2 Å². The Kier molecular flexibility index (Phi) is 5.52. The summed E-state index contributed by atoms with van der Waals surface area (Å²) in [5, 5.41) is 11.4. The van der Waals surface area contributed by atoms with Gasteiger partial charge in [0.2, 0.25) is 0 Å². The van der Waals surface area contributed by atoms with Crippen LogP contribution >= 0.6 is 23.4 Å². The average molecular weight is 398 g/mol. The molecule has 138 valence electrons. The Balaban J connectivity index is 1.83. The van der Waals surface area contributed by atoms with E-state index in [2.05, 4.69) is 15.6 Å². The van der Waals surface area contributed by atoms with E-state index in [1.807, 2.05) is 0 Å². The number of nitrogens with one attached hydrogen (secondary N) is 1. The highest BCUT2D eigenvalue weighted by molar-refractivity contribution is 7.98. The van der Waals surface area contributed by atoms with E-state index in [1.165, 1.54) is 16.3 Å². The molecule has 1 aromatic heterocycles. The van der Waals surface area contributed by atoms with Crippen LogP contribution in [0.1, 0.15) is 11.1 Å². The van der Waals surface area contributed by atoms with Gasteiger partial charge < -0.3 is 14.9 Å². The van der Waals surface area contributed by atoms with Crippen LogP contribution < -0.4 is 11.0 Å². The number of carbonyl (C=O) groups excluding carboxylic acids is 1. The Labute approximate surface area is 157 Å². The molecular formula is C15H16ClN5O4S. The number of amides is 1. The zero-order valence-electron chi connectivity index (χ0n) is 14.1. The highest BCUT2D eigenvalue weighted by Gasteiger charge is 2.19. The summed E-state index contributed by atoms with van der Waals surface area (Å²) < 4.78 is 7.56. The first kappa shape index (κ1) is 18.3. The third-order valence-electron chi connectivity index (χ3n) is 3.64. The van der Waals surface area contributed by atoms with Crippen molar-refractivity contribution in [2.75, 3.05) is 19.5 Å². The summed E-state index contributed by atoms with van der Waals surface area (Å²) in [6.07, 6.45) is 1.77. The van der Waals surface area contributed by atoms with E-state index in [0.717, 1.165) is 4.68 Å². The second kappa shape index (κ2) is 7.83. The minimum Gasteiger partial charge on any atom is -0.471 e. The van der Waals surface area contributed by atoms with Crippen LogP contribution in [0.2, 0.25) is 5.02 Å². The monoisotopic (exact) mass is 397 g/mol. The SMILES string of the molecule is CSc1nn(C(=O)NCc2c(Cl)cccc2C2=NOCCO2)c(=O)n1C. The van der Waals surface area contributed by atoms with Crippen molar-refractivity contribution in [1.82, 2.24) is 19.7 Å². The first-order valence-electron chi connectivity index (χ1n) is 7.61. The van der Waals surface area contributed by atoms with Gasteiger partial charge in [0.25, 0.3) is 5.90 Å². The Hall–Kier alpha value is -2.46. The van der Waals surface area contributed by atoms with Crippen molar-refractivity contribution in [2.24, 2.45) is 12.2 Å². The maximum absolute atomic E-state index is 12.4. The van der Waals surface area contributed by atoms with Gasteiger partial charge in [-0.1, -0.05) is 29.4 Å². The highest BCUT2D eigenvalue weighted by Crippen LogP contribution is 2.22. The fourth-order valence-corrected chi connectivity index (χ4v) is 3.10. The zero-order chi connectivity index (χ0) is 18.7. The smallest absolute Gasteiger partial charge is 0.355 e. The number of carbonyl (C=O) groups is 1. The third kappa shape index (κ3) is 3.56. The molecule has 0 aliphatic carbocycles. The first-order chi connectivity index (χ1) is 12.5. The Morgan fingerprint density at radius 3 is 2.88 bits per heavy atom. The zero-order valence-corrected chi connectivity index (χ0v) is 15.6. The van der Waals surface area contributed by atoms with Gasteiger partial charge in [0.1, 0.15) is 6.61 Å². The standard InChI is InChI=1S/C15H16ClN5O4S/c1-20-14(26-2)18-21(15(20)23)13(22)17-8-10-9(4-3-5-11(10)16)12-19-25-7-6-24-12/h3-5H,6-8H2,1-2H3,(H,17,22). The summed E-state index contributed by atoms with van der Waals surface area (Å²) in [6.45, 7) is 0.808. The van der Waals surface area contributed by atoms with Gasteiger partial charge in [-0.05, 0) is 23.5 Å². The summed E-state index contributed by atoms with van der Waals surface area (Å²) in [5.74, 6) is 0.294. The number of hydrogen-bond acceptors (Lipinski definition) is 7. The van der Waals surface area contributed by atoms with E-state index in [9.17, 15) is 9.59 Å². The molecule has 1 aliphatic rings. The molecule has 0 saturated carbocycles. The number of ether oxygens (including phenoxy) is 1. The fourth-order valence-electron chi connectivity index (χ4n) is 2.34. The molecule has 0 fully saturated rings. The molecule has 0 radical (unpaired) electrons. The Bertz CT molecular complexity index is 923. The summed E-state index contributed by atoms with van der Waals surface area (Å²) in [7, 11) is 1.55. The normalized spacial score (nSPS) is 13.6. The fraction of sp³-hybridized carbons (Fsp3) is 0.333. The van der Waals surface area contributed by atoms with Crippen LogP contribution in [0, 0.1) is 0 Å². The van der Waals surface area contributed by atoms with Gasteiger partial charge in [-0.15, -0.1) is 9.78 Å². The molecule has 26 heavy (non-hydrogen) atoms. The number of halogens is 1. The van der Waals surface area contributed by atoms with Crippen LogP contribution in [0.25, 0.3) is 0 Å². The Morgan fingerprint density at radius 1 is 1.42 bits per heavy atom. The lowest BCUT2D eigenvalue weighted by molar-refractivity contribution is 0.0655. The molecule has 11 heteroatoms. The second-order valence-corrected chi connectivity index (χ2v) is 6.42. The van der Waals surface area contributed by atoms with Crippen LogP contribution in [0.5, 0.6) is 0 Å². The molecule has 0 saturated heterocycles. The predicted octanol–water partition coefficient (Wildman–Crippen LogP) is 1.42. The molecule has 9 nitrogen and oxygen atoms in total. The topological polar surface area (TPSA) is 99.7 Å². The van der Waals surface area contributed by atoms with Gasteiger partial charge in [-0.25, -0.2) is 9.59 Å². The molecule has 1 aliphatic heterocycles. The van der Waals surface area contributed by atoms with E-state index >= 15 is 0 Å². The lowest BCUT2D eigenvalue weighted by atomic mass is 10.1.